The molecule has 0 saturated heterocycles. The zero-order valence-electron chi connectivity index (χ0n) is 11.4. The number of aliphatic hydroxyl groups is 1. The molecule has 0 radical (unpaired) electrons. The first-order valence-electron chi connectivity index (χ1n) is 6.13. The Bertz CT molecular complexity index is 377. The molecule has 2 atom stereocenters. The van der Waals surface area contributed by atoms with Gasteiger partial charge in [-0.2, -0.15) is 0 Å². The fourth-order valence-electron chi connectivity index (χ4n) is 1.58. The minimum absolute atomic E-state index is 0.244. The molecule has 17 heavy (non-hydrogen) atoms. The summed E-state index contributed by atoms with van der Waals surface area (Å²) in [5.41, 5.74) is 1.00. The molecule has 1 heterocycles. The number of nitrogens with zero attached hydrogens (tertiary/aromatic N) is 2. The molecule has 0 aliphatic heterocycles. The molecule has 0 aliphatic carbocycles. The number of anilines is 1. The van der Waals surface area contributed by atoms with Crippen molar-refractivity contribution in [3.63, 3.8) is 0 Å². The third-order valence-electron chi connectivity index (χ3n) is 3.36. The third-order valence-corrected chi connectivity index (χ3v) is 3.36. The molecule has 2 N–H and O–H groups in total. The molecule has 96 valence electrons. The molecule has 0 amide bonds. The van der Waals surface area contributed by atoms with Crippen LogP contribution < -0.4 is 5.32 Å². The van der Waals surface area contributed by atoms with Gasteiger partial charge in [0.25, 0.3) is 0 Å². The van der Waals surface area contributed by atoms with Crippen LogP contribution in [0.15, 0.2) is 6.20 Å². The van der Waals surface area contributed by atoms with Gasteiger partial charge in [0.1, 0.15) is 5.82 Å². The van der Waals surface area contributed by atoms with Crippen LogP contribution in [0, 0.1) is 19.8 Å². The maximum Gasteiger partial charge on any atom is 0.147 e. The van der Waals surface area contributed by atoms with Crippen molar-refractivity contribution in [2.45, 2.75) is 46.6 Å². The Balaban J connectivity index is 2.70. The average molecular weight is 237 g/mol. The molecular weight excluding hydrogens is 214 g/mol. The SMILES string of the molecule is CCC(C)C(C)(O)CNc1nc(C)cnc1C. The van der Waals surface area contributed by atoms with Crippen molar-refractivity contribution >= 4 is 5.82 Å². The van der Waals surface area contributed by atoms with Crippen molar-refractivity contribution in [3.8, 4) is 0 Å². The molecule has 0 bridgehead atoms. The molecular formula is C13H23N3O. The first kappa shape index (κ1) is 13.9. The smallest absolute Gasteiger partial charge is 0.147 e. The van der Waals surface area contributed by atoms with E-state index in [4.69, 9.17) is 0 Å². The summed E-state index contributed by atoms with van der Waals surface area (Å²) in [6.45, 7) is 10.3. The lowest BCUT2D eigenvalue weighted by atomic mass is 9.89. The molecule has 0 aromatic carbocycles. The van der Waals surface area contributed by atoms with Gasteiger partial charge >= 0.3 is 0 Å². The number of aromatic nitrogens is 2. The molecule has 0 spiro atoms. The van der Waals surface area contributed by atoms with Gasteiger partial charge in [0.2, 0.25) is 0 Å². The Morgan fingerprint density at radius 2 is 2.12 bits per heavy atom. The quantitative estimate of drug-likeness (QED) is 0.825. The van der Waals surface area contributed by atoms with Gasteiger partial charge in [-0.15, -0.1) is 0 Å². The molecule has 2 unspecified atom stereocenters. The number of aryl methyl sites for hydroxylation is 2. The van der Waals surface area contributed by atoms with Gasteiger partial charge in [-0.05, 0) is 26.7 Å². The monoisotopic (exact) mass is 237 g/mol. The minimum atomic E-state index is -0.730. The molecule has 4 heteroatoms. The van der Waals surface area contributed by atoms with Crippen LogP contribution in [0.2, 0.25) is 0 Å². The molecule has 0 aliphatic rings. The minimum Gasteiger partial charge on any atom is -0.388 e. The van der Waals surface area contributed by atoms with Crippen LogP contribution in [-0.4, -0.2) is 27.2 Å². The topological polar surface area (TPSA) is 58.0 Å². The molecule has 1 aromatic rings. The van der Waals surface area contributed by atoms with Crippen LogP contribution in [0.3, 0.4) is 0 Å². The highest BCUT2D eigenvalue weighted by atomic mass is 16.3. The lowest BCUT2D eigenvalue weighted by molar-refractivity contribution is 0.0175. The Hall–Kier alpha value is -1.16. The van der Waals surface area contributed by atoms with Crippen molar-refractivity contribution in [1.29, 1.82) is 0 Å². The van der Waals surface area contributed by atoms with Crippen LogP contribution in [-0.2, 0) is 0 Å². The van der Waals surface area contributed by atoms with Gasteiger partial charge in [-0.3, -0.25) is 4.98 Å². The second kappa shape index (κ2) is 5.45. The van der Waals surface area contributed by atoms with Crippen LogP contribution in [0.4, 0.5) is 5.82 Å². The van der Waals surface area contributed by atoms with Crippen LogP contribution >= 0.6 is 0 Å². The van der Waals surface area contributed by atoms with E-state index < -0.39 is 5.60 Å². The van der Waals surface area contributed by atoms with E-state index in [0.29, 0.717) is 6.54 Å². The van der Waals surface area contributed by atoms with Gasteiger partial charge in [0.05, 0.1) is 17.0 Å². The van der Waals surface area contributed by atoms with E-state index in [9.17, 15) is 5.11 Å². The van der Waals surface area contributed by atoms with E-state index in [2.05, 4.69) is 29.1 Å². The number of nitrogens with one attached hydrogen (secondary N) is 1. The highest BCUT2D eigenvalue weighted by Gasteiger charge is 2.26. The molecule has 0 saturated carbocycles. The second-order valence-electron chi connectivity index (χ2n) is 4.97. The zero-order valence-corrected chi connectivity index (χ0v) is 11.4. The summed E-state index contributed by atoms with van der Waals surface area (Å²) in [7, 11) is 0. The Morgan fingerprint density at radius 1 is 1.47 bits per heavy atom. The van der Waals surface area contributed by atoms with Gasteiger partial charge in [0.15, 0.2) is 0 Å². The normalized spacial score (nSPS) is 16.4. The van der Waals surface area contributed by atoms with E-state index in [1.807, 2.05) is 20.8 Å². The summed E-state index contributed by atoms with van der Waals surface area (Å²) in [5.74, 6) is 1.00. The van der Waals surface area contributed by atoms with Gasteiger partial charge in [-0.1, -0.05) is 20.3 Å². The summed E-state index contributed by atoms with van der Waals surface area (Å²) in [6, 6.07) is 0. The number of hydrogen-bond donors (Lipinski definition) is 2. The van der Waals surface area contributed by atoms with Gasteiger partial charge in [0, 0.05) is 12.7 Å². The fraction of sp³-hybridized carbons (Fsp3) is 0.692. The third kappa shape index (κ3) is 3.66. The van der Waals surface area contributed by atoms with Crippen LogP contribution in [0.5, 0.6) is 0 Å². The molecule has 4 nitrogen and oxygen atoms in total. The van der Waals surface area contributed by atoms with Crippen LogP contribution in [0.1, 0.15) is 38.6 Å². The summed E-state index contributed by atoms with van der Waals surface area (Å²) in [6.07, 6.45) is 2.69. The average Bonchev–Trinajstić information content (AvgIpc) is 2.29. The maximum atomic E-state index is 10.3. The lowest BCUT2D eigenvalue weighted by Crippen LogP contribution is -2.40. The van der Waals surface area contributed by atoms with Crippen molar-refractivity contribution in [3.05, 3.63) is 17.6 Å². The van der Waals surface area contributed by atoms with Gasteiger partial charge in [-0.25, -0.2) is 4.98 Å². The number of hydrogen-bond acceptors (Lipinski definition) is 4. The van der Waals surface area contributed by atoms with Crippen molar-refractivity contribution in [1.82, 2.24) is 9.97 Å². The highest BCUT2D eigenvalue weighted by Crippen LogP contribution is 2.20. The highest BCUT2D eigenvalue weighted by molar-refractivity contribution is 5.39. The Morgan fingerprint density at radius 3 is 2.71 bits per heavy atom. The maximum absolute atomic E-state index is 10.3. The summed E-state index contributed by atoms with van der Waals surface area (Å²) in [5, 5.41) is 13.5. The summed E-state index contributed by atoms with van der Waals surface area (Å²) < 4.78 is 0. The fourth-order valence-corrected chi connectivity index (χ4v) is 1.58. The Kier molecular flexibility index (Phi) is 4.46. The molecule has 1 aromatic heterocycles. The first-order valence-corrected chi connectivity index (χ1v) is 6.13. The standard InChI is InChI=1S/C13H23N3O/c1-6-9(2)13(5,17)8-15-12-11(4)14-7-10(3)16-12/h7,9,17H,6,8H2,1-5H3,(H,15,16). The zero-order chi connectivity index (χ0) is 13.1. The van der Waals surface area contributed by atoms with Crippen molar-refractivity contribution < 1.29 is 5.11 Å². The van der Waals surface area contributed by atoms with Crippen LogP contribution in [0.25, 0.3) is 0 Å². The Labute approximate surface area is 103 Å². The largest absolute Gasteiger partial charge is 0.388 e. The summed E-state index contributed by atoms with van der Waals surface area (Å²) >= 11 is 0. The number of rotatable bonds is 5. The van der Waals surface area contributed by atoms with E-state index >= 15 is 0 Å². The van der Waals surface area contributed by atoms with E-state index in [1.54, 1.807) is 6.20 Å². The van der Waals surface area contributed by atoms with E-state index in [-0.39, 0.29) is 5.92 Å². The summed E-state index contributed by atoms with van der Waals surface area (Å²) in [4.78, 5) is 8.61. The predicted molar refractivity (Wildman–Crippen MR) is 70.1 cm³/mol. The molecule has 1 rings (SSSR count). The van der Waals surface area contributed by atoms with Crippen molar-refractivity contribution in [2.75, 3.05) is 11.9 Å². The molecule has 0 fully saturated rings. The van der Waals surface area contributed by atoms with Crippen molar-refractivity contribution in [2.24, 2.45) is 5.92 Å². The second-order valence-corrected chi connectivity index (χ2v) is 4.97. The van der Waals surface area contributed by atoms with E-state index in [1.165, 1.54) is 0 Å². The predicted octanol–water partition coefficient (Wildman–Crippen LogP) is 2.30. The lowest BCUT2D eigenvalue weighted by Gasteiger charge is -2.30. The first-order chi connectivity index (χ1) is 7.86. The van der Waals surface area contributed by atoms with Gasteiger partial charge < -0.3 is 10.4 Å². The van der Waals surface area contributed by atoms with E-state index in [0.717, 1.165) is 23.6 Å².